The lowest BCUT2D eigenvalue weighted by molar-refractivity contribution is -0.222. The number of Topliss-reactive ketones (excluding diaryl/α,β-unsaturated/α-hetero) is 1. The van der Waals surface area contributed by atoms with E-state index in [0.717, 1.165) is 5.56 Å². The van der Waals surface area contributed by atoms with Gasteiger partial charge < -0.3 is 4.74 Å². The van der Waals surface area contributed by atoms with Crippen molar-refractivity contribution in [2.75, 3.05) is 19.5 Å². The Kier molecular flexibility index (Phi) is 4.74. The molecule has 1 aromatic rings. The van der Waals surface area contributed by atoms with Gasteiger partial charge in [-0.3, -0.25) is 14.0 Å². The average Bonchev–Trinajstić information content (AvgIpc) is 2.47. The number of ketones is 2. The molecule has 0 unspecified atom stereocenters. The minimum Gasteiger partial charge on any atom is -0.465 e. The Balaban J connectivity index is 2.22. The van der Waals surface area contributed by atoms with Gasteiger partial charge in [-0.1, -0.05) is 18.2 Å². The summed E-state index contributed by atoms with van der Waals surface area (Å²) in [6, 6.07) is 7.27. The molecule has 0 aliphatic heterocycles. The van der Waals surface area contributed by atoms with E-state index >= 15 is 0 Å². The average molecular weight is 291 g/mol. The molecule has 0 spiro atoms. The van der Waals surface area contributed by atoms with Crippen LogP contribution in [-0.4, -0.2) is 37.0 Å². The first-order valence-electron chi connectivity index (χ1n) is 6.22. The monoisotopic (exact) mass is 291 g/mol. The van der Waals surface area contributed by atoms with Crippen molar-refractivity contribution < 1.29 is 18.8 Å². The molecule has 0 atom stereocenters. The highest BCUT2D eigenvalue weighted by Gasteiger charge is 2.30. The van der Waals surface area contributed by atoms with Crippen LogP contribution in [0.15, 0.2) is 35.2 Å². The number of thioether (sulfide) groups is 1. The molecule has 0 aromatic heterocycles. The van der Waals surface area contributed by atoms with Crippen LogP contribution in [0.2, 0.25) is 0 Å². The number of carbonyl (C=O) groups excluding carboxylic acids is 3. The Hall–Kier alpha value is -1.88. The molecule has 1 aliphatic carbocycles. The third-order valence-electron chi connectivity index (χ3n) is 2.79. The summed E-state index contributed by atoms with van der Waals surface area (Å²) in [5.74, 6) is 0.330. The van der Waals surface area contributed by atoms with Crippen molar-refractivity contribution in [3.05, 3.63) is 46.4 Å². The van der Waals surface area contributed by atoms with Crippen LogP contribution >= 0.6 is 11.8 Å². The Morgan fingerprint density at radius 2 is 2.00 bits per heavy atom. The van der Waals surface area contributed by atoms with E-state index < -0.39 is 0 Å². The van der Waals surface area contributed by atoms with Crippen molar-refractivity contribution in [3.63, 3.8) is 0 Å². The van der Waals surface area contributed by atoms with Gasteiger partial charge in [0.15, 0.2) is 0 Å². The fraction of sp³-hybridized carbons (Fsp3) is 0.267. The van der Waals surface area contributed by atoms with Crippen LogP contribution < -0.4 is 0 Å². The van der Waals surface area contributed by atoms with Gasteiger partial charge in [0.2, 0.25) is 5.78 Å². The number of fused-ring (bicyclic) bond motifs is 1. The zero-order valence-electron chi connectivity index (χ0n) is 11.3. The first-order valence-corrected chi connectivity index (χ1v) is 7.21. The number of esters is 1. The summed E-state index contributed by atoms with van der Waals surface area (Å²) in [7, 11) is 1.56. The van der Waals surface area contributed by atoms with Crippen molar-refractivity contribution in [1.29, 1.82) is 0 Å². The zero-order valence-corrected chi connectivity index (χ0v) is 12.2. The summed E-state index contributed by atoms with van der Waals surface area (Å²) < 4.78 is 10.2. The number of carbonyl (C=O) groups is 2. The number of benzene rings is 1. The van der Waals surface area contributed by atoms with Crippen molar-refractivity contribution in [1.82, 2.24) is 0 Å². The topological polar surface area (TPSA) is 54.7 Å². The van der Waals surface area contributed by atoms with E-state index in [2.05, 4.69) is 0 Å². The number of rotatable bonds is 4. The smallest absolute Gasteiger partial charge is 0.352 e. The Labute approximate surface area is 121 Å². The molecule has 1 aliphatic rings. The van der Waals surface area contributed by atoms with E-state index in [0.29, 0.717) is 22.9 Å². The van der Waals surface area contributed by atoms with Gasteiger partial charge in [-0.2, -0.15) is 0 Å². The lowest BCUT2D eigenvalue weighted by Crippen LogP contribution is -2.17. The second kappa shape index (κ2) is 6.52. The van der Waals surface area contributed by atoms with Gasteiger partial charge in [-0.05, 0) is 13.0 Å². The second-order valence-electron chi connectivity index (χ2n) is 4.05. The third-order valence-corrected chi connectivity index (χ3v) is 3.79. The molecule has 0 saturated heterocycles. The Bertz CT molecular complexity index is 602. The van der Waals surface area contributed by atoms with Crippen LogP contribution in [0.5, 0.6) is 0 Å². The summed E-state index contributed by atoms with van der Waals surface area (Å²) in [4.78, 5) is 24.2. The molecule has 0 radical (unpaired) electrons. The van der Waals surface area contributed by atoms with Crippen LogP contribution in [-0.2, 0) is 9.53 Å². The van der Waals surface area contributed by atoms with Crippen LogP contribution in [0.3, 0.4) is 0 Å². The summed E-state index contributed by atoms with van der Waals surface area (Å²) >= 11 is 1.17. The molecule has 4 nitrogen and oxygen atoms in total. The summed E-state index contributed by atoms with van der Waals surface area (Å²) in [5.41, 5.74) is 1.37. The van der Waals surface area contributed by atoms with Gasteiger partial charge in [-0.15, -0.1) is 11.8 Å². The molecule has 0 bridgehead atoms. The maximum Gasteiger partial charge on any atom is 0.352 e. The number of hydrogen-bond acceptors (Lipinski definition) is 4. The maximum absolute atomic E-state index is 12.3. The molecule has 2 rings (SSSR count). The van der Waals surface area contributed by atoms with Gasteiger partial charge in [0, 0.05) is 5.56 Å². The van der Waals surface area contributed by atoms with Crippen LogP contribution in [0.1, 0.15) is 27.3 Å². The summed E-state index contributed by atoms with van der Waals surface area (Å²) in [6.07, 6.45) is 1.68. The molecule has 0 amide bonds. The molecule has 1 aromatic carbocycles. The number of hydrogen-bond donors (Lipinski definition) is 0. The first-order chi connectivity index (χ1) is 9.67. The van der Waals surface area contributed by atoms with Crippen molar-refractivity contribution in [3.8, 4) is 0 Å². The molecule has 5 heteroatoms. The second-order valence-corrected chi connectivity index (χ2v) is 5.06. The highest BCUT2D eigenvalue weighted by atomic mass is 32.2. The predicted molar refractivity (Wildman–Crippen MR) is 78.2 cm³/mol. The summed E-state index contributed by atoms with van der Waals surface area (Å²) in [6.45, 7) is 2.09. The molecular weight excluding hydrogens is 276 g/mol. The van der Waals surface area contributed by atoms with Gasteiger partial charge in [-0.25, -0.2) is 0 Å². The predicted octanol–water partition coefficient (Wildman–Crippen LogP) is 2.41. The van der Waals surface area contributed by atoms with Crippen molar-refractivity contribution in [2.45, 2.75) is 6.92 Å². The van der Waals surface area contributed by atoms with Gasteiger partial charge in [0.25, 0.3) is 7.11 Å². The van der Waals surface area contributed by atoms with E-state index in [1.165, 1.54) is 11.8 Å². The van der Waals surface area contributed by atoms with Gasteiger partial charge in [0.05, 0.1) is 28.9 Å². The van der Waals surface area contributed by atoms with Crippen LogP contribution in [0.25, 0.3) is 0 Å². The summed E-state index contributed by atoms with van der Waals surface area (Å²) in [5, 5.41) is 0. The highest BCUT2D eigenvalue weighted by molar-refractivity contribution is 8.04. The molecule has 104 valence electrons. The Morgan fingerprint density at radius 3 is 2.65 bits per heavy atom. The molecule has 0 saturated carbocycles. The van der Waals surface area contributed by atoms with E-state index in [9.17, 15) is 9.59 Å². The van der Waals surface area contributed by atoms with E-state index in [-0.39, 0.29) is 17.5 Å². The number of ether oxygens (including phenoxy) is 1. The fourth-order valence-corrected chi connectivity index (χ4v) is 2.69. The van der Waals surface area contributed by atoms with E-state index in [1.807, 2.05) is 18.2 Å². The van der Waals surface area contributed by atoms with E-state index in [4.69, 9.17) is 9.16 Å². The fourth-order valence-electron chi connectivity index (χ4n) is 1.91. The largest absolute Gasteiger partial charge is 0.465 e. The third kappa shape index (κ3) is 2.99. The molecular formula is C15H15O4S+. The van der Waals surface area contributed by atoms with Crippen molar-refractivity contribution >= 4 is 29.3 Å². The van der Waals surface area contributed by atoms with Gasteiger partial charge >= 0.3 is 11.8 Å². The Morgan fingerprint density at radius 1 is 1.30 bits per heavy atom. The first kappa shape index (κ1) is 14.5. The van der Waals surface area contributed by atoms with Crippen LogP contribution in [0, 0.1) is 0 Å². The zero-order chi connectivity index (χ0) is 14.5. The lowest BCUT2D eigenvalue weighted by Gasteiger charge is -2.12. The molecule has 0 N–H and O–H groups in total. The number of allylic oxidation sites excluding steroid dienone is 2. The molecule has 0 fully saturated rings. The molecule has 20 heavy (non-hydrogen) atoms. The lowest BCUT2D eigenvalue weighted by atomic mass is 9.95. The highest BCUT2D eigenvalue weighted by Crippen LogP contribution is 2.28. The standard InChI is InChI=1S/C15H15O4S/c1-3-19-14(16)9-20-13-8-12(18-2)10-6-4-5-7-11(10)15(13)17/h4-8H,3,9H2,1-2H3/q+1. The SMILES string of the molecule is CCOC(=O)CSC1=CC(=[O+]C)c2ccccc2C1=O. The van der Waals surface area contributed by atoms with Gasteiger partial charge in [0.1, 0.15) is 0 Å². The van der Waals surface area contributed by atoms with Crippen molar-refractivity contribution in [2.24, 2.45) is 0 Å². The van der Waals surface area contributed by atoms with Crippen LogP contribution in [0.4, 0.5) is 0 Å². The minimum absolute atomic E-state index is 0.0873. The van der Waals surface area contributed by atoms with E-state index in [1.54, 1.807) is 26.2 Å². The minimum atomic E-state index is -0.330. The maximum atomic E-state index is 12.3. The molecule has 0 heterocycles. The quantitative estimate of drug-likeness (QED) is 0.631. The normalized spacial score (nSPS) is 15.8.